The normalized spacial score (nSPS) is 21.7. The summed E-state index contributed by atoms with van der Waals surface area (Å²) in [6, 6.07) is 6.53. The van der Waals surface area contributed by atoms with Gasteiger partial charge >= 0.3 is 0 Å². The molecule has 0 radical (unpaired) electrons. The molecular weight excluding hydrogens is 276 g/mol. The van der Waals surface area contributed by atoms with Gasteiger partial charge in [0.15, 0.2) is 0 Å². The van der Waals surface area contributed by atoms with Crippen LogP contribution < -0.4 is 15.2 Å². The molecule has 2 rings (SSSR count). The number of rotatable bonds is 8. The zero-order valence-corrected chi connectivity index (χ0v) is 12.5. The minimum Gasteiger partial charge on any atom is -0.492 e. The van der Waals surface area contributed by atoms with Crippen LogP contribution in [0, 0.1) is 5.92 Å². The van der Waals surface area contributed by atoms with Crippen molar-refractivity contribution >= 4 is 10.0 Å². The summed E-state index contributed by atoms with van der Waals surface area (Å²) in [7, 11) is -3.42. The summed E-state index contributed by atoms with van der Waals surface area (Å²) in [4.78, 5) is 0.278. The van der Waals surface area contributed by atoms with Gasteiger partial charge in [0.2, 0.25) is 10.0 Å². The second-order valence-corrected chi connectivity index (χ2v) is 6.83. The predicted molar refractivity (Wildman–Crippen MR) is 78.1 cm³/mol. The van der Waals surface area contributed by atoms with Crippen molar-refractivity contribution in [3.63, 3.8) is 0 Å². The third-order valence-electron chi connectivity index (χ3n) is 3.41. The topological polar surface area (TPSA) is 81.4 Å². The van der Waals surface area contributed by atoms with Gasteiger partial charge in [0.25, 0.3) is 0 Å². The number of nitrogens with one attached hydrogen (secondary N) is 1. The van der Waals surface area contributed by atoms with E-state index in [1.807, 2.05) is 0 Å². The molecule has 0 spiro atoms. The van der Waals surface area contributed by atoms with Gasteiger partial charge in [0, 0.05) is 12.6 Å². The Morgan fingerprint density at radius 1 is 1.35 bits per heavy atom. The maximum Gasteiger partial charge on any atom is 0.240 e. The molecule has 5 nitrogen and oxygen atoms in total. The number of hydrogen-bond acceptors (Lipinski definition) is 4. The lowest BCUT2D eigenvalue weighted by molar-refractivity contribution is 0.328. The van der Waals surface area contributed by atoms with Gasteiger partial charge in [-0.05, 0) is 43.0 Å². The van der Waals surface area contributed by atoms with Crippen molar-refractivity contribution < 1.29 is 13.2 Å². The van der Waals surface area contributed by atoms with Gasteiger partial charge < -0.3 is 10.5 Å². The Balaban J connectivity index is 1.96. The number of nitrogens with two attached hydrogens (primary N) is 1. The average molecular weight is 298 g/mol. The Labute approximate surface area is 120 Å². The van der Waals surface area contributed by atoms with E-state index in [0.717, 1.165) is 19.3 Å². The summed E-state index contributed by atoms with van der Waals surface area (Å²) in [5, 5.41) is 0. The van der Waals surface area contributed by atoms with Crippen LogP contribution in [0.4, 0.5) is 0 Å². The van der Waals surface area contributed by atoms with Crippen LogP contribution in [0.5, 0.6) is 5.75 Å². The SMILES string of the molecule is CCCC1CC1NS(=O)(=O)c1ccc(OCCN)cc1. The van der Waals surface area contributed by atoms with Crippen molar-refractivity contribution in [3.8, 4) is 5.75 Å². The van der Waals surface area contributed by atoms with E-state index >= 15 is 0 Å². The first-order chi connectivity index (χ1) is 9.56. The quantitative estimate of drug-likeness (QED) is 0.762. The minimum atomic E-state index is -3.42. The molecule has 0 heterocycles. The molecule has 0 aliphatic heterocycles. The largest absolute Gasteiger partial charge is 0.492 e. The highest BCUT2D eigenvalue weighted by Crippen LogP contribution is 2.35. The molecule has 2 atom stereocenters. The molecule has 20 heavy (non-hydrogen) atoms. The minimum absolute atomic E-state index is 0.105. The summed E-state index contributed by atoms with van der Waals surface area (Å²) >= 11 is 0. The zero-order valence-electron chi connectivity index (χ0n) is 11.7. The summed E-state index contributed by atoms with van der Waals surface area (Å²) in [6.07, 6.45) is 3.12. The first kappa shape index (κ1) is 15.3. The molecule has 1 saturated carbocycles. The van der Waals surface area contributed by atoms with E-state index in [-0.39, 0.29) is 10.9 Å². The van der Waals surface area contributed by atoms with Crippen LogP contribution in [0.25, 0.3) is 0 Å². The number of hydrogen-bond donors (Lipinski definition) is 2. The Kier molecular flexibility index (Phi) is 5.01. The van der Waals surface area contributed by atoms with Crippen LogP contribution >= 0.6 is 0 Å². The molecule has 1 aromatic rings. The van der Waals surface area contributed by atoms with Crippen LogP contribution in [-0.4, -0.2) is 27.6 Å². The molecule has 3 N–H and O–H groups in total. The fourth-order valence-corrected chi connectivity index (χ4v) is 3.56. The first-order valence-corrected chi connectivity index (χ1v) is 8.50. The highest BCUT2D eigenvalue weighted by Gasteiger charge is 2.39. The Morgan fingerprint density at radius 3 is 2.65 bits per heavy atom. The maximum absolute atomic E-state index is 12.2. The Bertz CT molecular complexity index is 528. The molecule has 2 unspecified atom stereocenters. The summed E-state index contributed by atoms with van der Waals surface area (Å²) < 4.78 is 32.5. The van der Waals surface area contributed by atoms with Crippen LogP contribution in [0.15, 0.2) is 29.2 Å². The third-order valence-corrected chi connectivity index (χ3v) is 4.92. The highest BCUT2D eigenvalue weighted by atomic mass is 32.2. The van der Waals surface area contributed by atoms with Crippen LogP contribution in [0.3, 0.4) is 0 Å². The van der Waals surface area contributed by atoms with E-state index in [2.05, 4.69) is 11.6 Å². The molecule has 0 aromatic heterocycles. The monoisotopic (exact) mass is 298 g/mol. The van der Waals surface area contributed by atoms with Gasteiger partial charge in [0.1, 0.15) is 12.4 Å². The van der Waals surface area contributed by atoms with Gasteiger partial charge in [0.05, 0.1) is 4.90 Å². The summed E-state index contributed by atoms with van der Waals surface area (Å²) in [6.45, 7) is 2.97. The maximum atomic E-state index is 12.2. The zero-order chi connectivity index (χ0) is 14.6. The lowest BCUT2D eigenvalue weighted by Gasteiger charge is -2.08. The summed E-state index contributed by atoms with van der Waals surface area (Å²) in [5.41, 5.74) is 5.34. The van der Waals surface area contributed by atoms with Crippen molar-refractivity contribution in [2.45, 2.75) is 37.1 Å². The van der Waals surface area contributed by atoms with Gasteiger partial charge in [-0.1, -0.05) is 13.3 Å². The Morgan fingerprint density at radius 2 is 2.05 bits per heavy atom. The standard InChI is InChI=1S/C14H22N2O3S/c1-2-3-11-10-14(11)16-20(17,18)13-6-4-12(5-7-13)19-9-8-15/h4-7,11,14,16H,2-3,8-10,15H2,1H3. The molecular formula is C14H22N2O3S. The van der Waals surface area contributed by atoms with Crippen molar-refractivity contribution in [1.29, 1.82) is 0 Å². The molecule has 1 aliphatic rings. The number of ether oxygens (including phenoxy) is 1. The fraction of sp³-hybridized carbons (Fsp3) is 0.571. The van der Waals surface area contributed by atoms with E-state index in [9.17, 15) is 8.42 Å². The molecule has 1 aromatic carbocycles. The summed E-state index contributed by atoms with van der Waals surface area (Å²) in [5.74, 6) is 1.13. The molecule has 6 heteroatoms. The van der Waals surface area contributed by atoms with E-state index in [4.69, 9.17) is 10.5 Å². The van der Waals surface area contributed by atoms with E-state index in [1.165, 1.54) is 0 Å². The van der Waals surface area contributed by atoms with Crippen molar-refractivity contribution in [2.24, 2.45) is 11.7 Å². The van der Waals surface area contributed by atoms with Crippen molar-refractivity contribution in [2.75, 3.05) is 13.2 Å². The van der Waals surface area contributed by atoms with E-state index in [0.29, 0.717) is 24.8 Å². The molecule has 0 bridgehead atoms. The van der Waals surface area contributed by atoms with Crippen LogP contribution in [0.2, 0.25) is 0 Å². The average Bonchev–Trinajstić information content (AvgIpc) is 3.14. The number of sulfonamides is 1. The van der Waals surface area contributed by atoms with E-state index < -0.39 is 10.0 Å². The van der Waals surface area contributed by atoms with Crippen molar-refractivity contribution in [1.82, 2.24) is 4.72 Å². The fourth-order valence-electron chi connectivity index (χ4n) is 2.24. The lowest BCUT2D eigenvalue weighted by atomic mass is 10.2. The lowest BCUT2D eigenvalue weighted by Crippen LogP contribution is -2.27. The van der Waals surface area contributed by atoms with Gasteiger partial charge in [-0.3, -0.25) is 0 Å². The second kappa shape index (κ2) is 6.56. The second-order valence-electron chi connectivity index (χ2n) is 5.12. The third kappa shape index (κ3) is 3.94. The molecule has 112 valence electrons. The van der Waals surface area contributed by atoms with Gasteiger partial charge in [-0.15, -0.1) is 0 Å². The van der Waals surface area contributed by atoms with Gasteiger partial charge in [-0.25, -0.2) is 13.1 Å². The van der Waals surface area contributed by atoms with E-state index in [1.54, 1.807) is 24.3 Å². The first-order valence-electron chi connectivity index (χ1n) is 7.02. The Hall–Kier alpha value is -1.11. The van der Waals surface area contributed by atoms with Crippen LogP contribution in [0.1, 0.15) is 26.2 Å². The molecule has 0 saturated heterocycles. The van der Waals surface area contributed by atoms with Crippen LogP contribution in [-0.2, 0) is 10.0 Å². The molecule has 1 aliphatic carbocycles. The highest BCUT2D eigenvalue weighted by molar-refractivity contribution is 7.89. The van der Waals surface area contributed by atoms with Crippen molar-refractivity contribution in [3.05, 3.63) is 24.3 Å². The smallest absolute Gasteiger partial charge is 0.240 e. The molecule has 1 fully saturated rings. The molecule has 0 amide bonds. The number of benzene rings is 1. The predicted octanol–water partition coefficient (Wildman–Crippen LogP) is 1.49. The van der Waals surface area contributed by atoms with Gasteiger partial charge in [-0.2, -0.15) is 0 Å².